The second-order valence-electron chi connectivity index (χ2n) is 3.59. The normalized spacial score (nSPS) is 10.4. The number of aromatic hydroxyl groups is 1. The maximum Gasteiger partial charge on any atom is 0.143 e. The molecule has 1 heterocycles. The molecule has 0 saturated heterocycles. The summed E-state index contributed by atoms with van der Waals surface area (Å²) in [6, 6.07) is 6.83. The highest BCUT2D eigenvalue weighted by atomic mass is 79.9. The molecule has 0 saturated carbocycles. The van der Waals surface area contributed by atoms with E-state index < -0.39 is 0 Å². The van der Waals surface area contributed by atoms with E-state index in [9.17, 15) is 5.11 Å². The number of rotatable bonds is 3. The van der Waals surface area contributed by atoms with E-state index >= 15 is 0 Å². The Morgan fingerprint density at radius 1 is 1.33 bits per heavy atom. The molecule has 3 nitrogen and oxygen atoms in total. The van der Waals surface area contributed by atoms with Gasteiger partial charge in [-0.3, -0.25) is 0 Å². The van der Waals surface area contributed by atoms with Crippen molar-refractivity contribution in [3.63, 3.8) is 0 Å². The van der Waals surface area contributed by atoms with Crippen LogP contribution in [0, 0.1) is 0 Å². The number of halogens is 3. The molecule has 0 aliphatic rings. The maximum absolute atomic E-state index is 9.70. The largest absolute Gasteiger partial charge is 0.508 e. The lowest BCUT2D eigenvalue weighted by molar-refractivity contribution is 0.469. The van der Waals surface area contributed by atoms with Crippen molar-refractivity contribution < 1.29 is 5.11 Å². The summed E-state index contributed by atoms with van der Waals surface area (Å²) in [6.07, 6.45) is 1.61. The number of phenols is 1. The van der Waals surface area contributed by atoms with Crippen molar-refractivity contribution in [2.45, 2.75) is 6.54 Å². The van der Waals surface area contributed by atoms with Crippen molar-refractivity contribution in [1.82, 2.24) is 4.98 Å². The Balaban J connectivity index is 2.14. The van der Waals surface area contributed by atoms with Gasteiger partial charge in [-0.25, -0.2) is 4.98 Å². The molecule has 0 spiro atoms. The second-order valence-corrected chi connectivity index (χ2v) is 5.21. The van der Waals surface area contributed by atoms with Crippen molar-refractivity contribution >= 4 is 44.8 Å². The van der Waals surface area contributed by atoms with E-state index in [0.29, 0.717) is 26.8 Å². The fourth-order valence-corrected chi connectivity index (χ4v) is 2.12. The summed E-state index contributed by atoms with van der Waals surface area (Å²) in [6.45, 7) is 0.404. The minimum Gasteiger partial charge on any atom is -0.508 e. The van der Waals surface area contributed by atoms with E-state index in [2.05, 4.69) is 26.2 Å². The van der Waals surface area contributed by atoms with Gasteiger partial charge < -0.3 is 10.4 Å². The number of aromatic nitrogens is 1. The number of hydrogen-bond acceptors (Lipinski definition) is 3. The lowest BCUT2D eigenvalue weighted by Gasteiger charge is -2.10. The maximum atomic E-state index is 9.70. The first-order valence-corrected chi connectivity index (χ1v) is 6.64. The highest BCUT2D eigenvalue weighted by Gasteiger charge is 2.06. The zero-order chi connectivity index (χ0) is 13.1. The molecule has 2 rings (SSSR count). The molecule has 1 aromatic heterocycles. The van der Waals surface area contributed by atoms with Crippen LogP contribution in [0.3, 0.4) is 0 Å². The quantitative estimate of drug-likeness (QED) is 0.805. The first kappa shape index (κ1) is 13.5. The summed E-state index contributed by atoms with van der Waals surface area (Å²) in [7, 11) is 0. The predicted octanol–water partition coefficient (Wildman–Crippen LogP) is 4.47. The van der Waals surface area contributed by atoms with Gasteiger partial charge in [0.1, 0.15) is 10.9 Å². The van der Waals surface area contributed by atoms with Crippen LogP contribution < -0.4 is 5.32 Å². The number of pyridine rings is 1. The number of hydrogen-bond donors (Lipinski definition) is 2. The van der Waals surface area contributed by atoms with Gasteiger partial charge in [-0.1, -0.05) is 29.3 Å². The van der Waals surface area contributed by atoms with Crippen molar-refractivity contribution in [1.29, 1.82) is 0 Å². The Morgan fingerprint density at radius 2 is 2.11 bits per heavy atom. The molecule has 0 unspecified atom stereocenters. The summed E-state index contributed by atoms with van der Waals surface area (Å²) >= 11 is 15.1. The summed E-state index contributed by atoms with van der Waals surface area (Å²) in [5, 5.41) is 13.7. The Kier molecular flexibility index (Phi) is 4.32. The summed E-state index contributed by atoms with van der Waals surface area (Å²) < 4.78 is 0.706. The molecule has 0 bridgehead atoms. The van der Waals surface area contributed by atoms with E-state index in [0.717, 1.165) is 5.69 Å². The average molecular weight is 348 g/mol. The highest BCUT2D eigenvalue weighted by Crippen LogP contribution is 2.27. The standard InChI is InChI=1S/C12H9BrCl2N2O/c13-9-4-7(5-17-12(9)15)16-6-8-10(14)2-1-3-11(8)18/h1-5,16,18H,6H2. The summed E-state index contributed by atoms with van der Waals surface area (Å²) in [5.41, 5.74) is 1.43. The molecule has 2 N–H and O–H groups in total. The third kappa shape index (κ3) is 3.07. The molecule has 1 aromatic carbocycles. The molecule has 0 fully saturated rings. The van der Waals surface area contributed by atoms with Crippen LogP contribution in [0.2, 0.25) is 10.2 Å². The van der Waals surface area contributed by atoms with Gasteiger partial charge in [-0.2, -0.15) is 0 Å². The van der Waals surface area contributed by atoms with E-state index in [4.69, 9.17) is 23.2 Å². The third-order valence-electron chi connectivity index (χ3n) is 2.36. The fraction of sp³-hybridized carbons (Fsp3) is 0.0833. The zero-order valence-electron chi connectivity index (χ0n) is 9.12. The second kappa shape index (κ2) is 5.78. The van der Waals surface area contributed by atoms with E-state index in [-0.39, 0.29) is 5.75 Å². The van der Waals surface area contributed by atoms with Crippen LogP contribution in [0.4, 0.5) is 5.69 Å². The van der Waals surface area contributed by atoms with Crippen LogP contribution in [0.5, 0.6) is 5.75 Å². The van der Waals surface area contributed by atoms with E-state index in [1.54, 1.807) is 24.4 Å². The molecule has 0 radical (unpaired) electrons. The van der Waals surface area contributed by atoms with Crippen LogP contribution in [-0.2, 0) is 6.54 Å². The minimum absolute atomic E-state index is 0.163. The Labute approximate surface area is 123 Å². The minimum atomic E-state index is 0.163. The fourth-order valence-electron chi connectivity index (χ4n) is 1.43. The average Bonchev–Trinajstić information content (AvgIpc) is 2.33. The lowest BCUT2D eigenvalue weighted by Crippen LogP contribution is -2.01. The van der Waals surface area contributed by atoms with Crippen LogP contribution in [0.1, 0.15) is 5.56 Å². The van der Waals surface area contributed by atoms with Gasteiger partial charge in [0.15, 0.2) is 0 Å². The van der Waals surface area contributed by atoms with Crippen LogP contribution >= 0.6 is 39.1 Å². The van der Waals surface area contributed by atoms with Gasteiger partial charge in [0, 0.05) is 17.1 Å². The van der Waals surface area contributed by atoms with Crippen molar-refractivity contribution in [3.05, 3.63) is 50.7 Å². The van der Waals surface area contributed by atoms with Crippen LogP contribution in [0.15, 0.2) is 34.9 Å². The number of benzene rings is 1. The van der Waals surface area contributed by atoms with Crippen molar-refractivity contribution in [2.24, 2.45) is 0 Å². The number of phenolic OH excluding ortho intramolecular Hbond substituents is 1. The van der Waals surface area contributed by atoms with E-state index in [1.807, 2.05) is 6.07 Å². The Morgan fingerprint density at radius 3 is 2.78 bits per heavy atom. The van der Waals surface area contributed by atoms with Gasteiger partial charge >= 0.3 is 0 Å². The van der Waals surface area contributed by atoms with Gasteiger partial charge in [-0.05, 0) is 34.1 Å². The van der Waals surface area contributed by atoms with Crippen LogP contribution in [0.25, 0.3) is 0 Å². The van der Waals surface area contributed by atoms with Gasteiger partial charge in [-0.15, -0.1) is 0 Å². The lowest BCUT2D eigenvalue weighted by atomic mass is 10.2. The molecule has 0 aliphatic heterocycles. The molecule has 0 aliphatic carbocycles. The number of nitrogens with zero attached hydrogens (tertiary/aromatic N) is 1. The van der Waals surface area contributed by atoms with Gasteiger partial charge in [0.25, 0.3) is 0 Å². The van der Waals surface area contributed by atoms with Gasteiger partial charge in [0.2, 0.25) is 0 Å². The molecule has 94 valence electrons. The smallest absolute Gasteiger partial charge is 0.143 e. The Bertz CT molecular complexity index is 558. The summed E-state index contributed by atoms with van der Waals surface area (Å²) in [4.78, 5) is 4.00. The van der Waals surface area contributed by atoms with E-state index in [1.165, 1.54) is 0 Å². The van der Waals surface area contributed by atoms with Crippen LogP contribution in [-0.4, -0.2) is 10.1 Å². The third-order valence-corrected chi connectivity index (χ3v) is 3.85. The SMILES string of the molecule is Oc1cccc(Cl)c1CNc1cnc(Cl)c(Br)c1. The highest BCUT2D eigenvalue weighted by molar-refractivity contribution is 9.10. The summed E-state index contributed by atoms with van der Waals surface area (Å²) in [5.74, 6) is 0.163. The number of nitrogens with one attached hydrogen (secondary N) is 1. The Hall–Kier alpha value is -0.970. The monoisotopic (exact) mass is 346 g/mol. The first-order valence-electron chi connectivity index (χ1n) is 5.09. The van der Waals surface area contributed by atoms with Crippen molar-refractivity contribution in [2.75, 3.05) is 5.32 Å². The van der Waals surface area contributed by atoms with Gasteiger partial charge in [0.05, 0.1) is 16.4 Å². The molecular weight excluding hydrogens is 339 g/mol. The number of anilines is 1. The predicted molar refractivity (Wildman–Crippen MR) is 77.4 cm³/mol. The van der Waals surface area contributed by atoms with Crippen molar-refractivity contribution in [3.8, 4) is 5.75 Å². The molecule has 0 atom stereocenters. The zero-order valence-corrected chi connectivity index (χ0v) is 12.2. The molecule has 0 amide bonds. The topological polar surface area (TPSA) is 45.1 Å². The molecule has 6 heteroatoms. The molecule has 18 heavy (non-hydrogen) atoms. The first-order chi connectivity index (χ1) is 8.58. The molecule has 2 aromatic rings. The molecular formula is C12H9BrCl2N2O.